The lowest BCUT2D eigenvalue weighted by Crippen LogP contribution is -2.82. The van der Waals surface area contributed by atoms with Crippen LogP contribution in [0, 0.1) is 18.3 Å². The van der Waals surface area contributed by atoms with Crippen molar-refractivity contribution < 1.29 is 9.53 Å². The van der Waals surface area contributed by atoms with Gasteiger partial charge in [-0.3, -0.25) is 4.79 Å². The van der Waals surface area contributed by atoms with Crippen molar-refractivity contribution in [1.82, 2.24) is 4.90 Å². The molecule has 1 amide bonds. The number of benzene rings is 1. The van der Waals surface area contributed by atoms with Crippen LogP contribution in [0.1, 0.15) is 44.7 Å². The topological polar surface area (TPSA) is 55.6 Å². The smallest absolute Gasteiger partial charge is 0.243 e. The van der Waals surface area contributed by atoms with Gasteiger partial charge in [0.15, 0.2) is 0 Å². The highest BCUT2D eigenvalue weighted by molar-refractivity contribution is 5.89. The van der Waals surface area contributed by atoms with Crippen LogP contribution in [0.25, 0.3) is 0 Å². The molecular formula is C20H31ClN2O2. The molecule has 4 nitrogen and oxygen atoms in total. The molecule has 0 spiro atoms. The number of fused-ring (bicyclic) bond motifs is 1. The molecular weight excluding hydrogens is 336 g/mol. The Morgan fingerprint density at radius 1 is 1.36 bits per heavy atom. The van der Waals surface area contributed by atoms with Gasteiger partial charge in [0.2, 0.25) is 5.91 Å². The van der Waals surface area contributed by atoms with Crippen molar-refractivity contribution in [2.24, 2.45) is 17.1 Å². The number of amides is 1. The van der Waals surface area contributed by atoms with E-state index >= 15 is 0 Å². The van der Waals surface area contributed by atoms with Crippen molar-refractivity contribution in [3.8, 4) is 0 Å². The standard InChI is InChI=1S/C20H30N2O2.ClH/c1-5-22(13-15-10-7-6-9-14(15)2)18(23)20(21)16-11-8-12-24-17(16)19(20,3)4;/h6-7,9-10,16-17H,5,8,11-13,21H2,1-4H3;1H. The molecule has 2 N–H and O–H groups in total. The first-order valence-corrected chi connectivity index (χ1v) is 9.08. The van der Waals surface area contributed by atoms with Crippen LogP contribution in [-0.4, -0.2) is 35.6 Å². The largest absolute Gasteiger partial charge is 0.377 e. The number of likely N-dealkylation sites (N-methyl/N-ethyl adjacent to an activating group) is 1. The normalized spacial score (nSPS) is 29.8. The summed E-state index contributed by atoms with van der Waals surface area (Å²) in [5.74, 6) is 0.213. The van der Waals surface area contributed by atoms with E-state index in [0.717, 1.165) is 19.4 Å². The van der Waals surface area contributed by atoms with Crippen LogP contribution in [0.4, 0.5) is 0 Å². The molecule has 1 heterocycles. The van der Waals surface area contributed by atoms with Crippen molar-refractivity contribution in [2.75, 3.05) is 13.2 Å². The Bertz CT molecular complexity index is 634. The molecule has 2 aliphatic rings. The molecule has 3 rings (SSSR count). The lowest BCUT2D eigenvalue weighted by atomic mass is 9.46. The zero-order valence-corrected chi connectivity index (χ0v) is 16.6. The van der Waals surface area contributed by atoms with Gasteiger partial charge in [0.25, 0.3) is 0 Å². The number of ether oxygens (including phenoxy) is 1. The van der Waals surface area contributed by atoms with E-state index in [-0.39, 0.29) is 35.8 Å². The lowest BCUT2D eigenvalue weighted by molar-refractivity contribution is -0.230. The third-order valence-corrected chi connectivity index (χ3v) is 6.33. The van der Waals surface area contributed by atoms with Crippen molar-refractivity contribution >= 4 is 18.3 Å². The average molecular weight is 367 g/mol. The Morgan fingerprint density at radius 3 is 2.68 bits per heavy atom. The average Bonchev–Trinajstić information content (AvgIpc) is 2.59. The number of nitrogens with two attached hydrogens (primary N) is 1. The van der Waals surface area contributed by atoms with Crippen LogP contribution in [0.2, 0.25) is 0 Å². The van der Waals surface area contributed by atoms with Crippen LogP contribution in [0.15, 0.2) is 24.3 Å². The first-order chi connectivity index (χ1) is 11.3. The van der Waals surface area contributed by atoms with E-state index in [9.17, 15) is 4.79 Å². The van der Waals surface area contributed by atoms with E-state index in [1.807, 2.05) is 24.0 Å². The summed E-state index contributed by atoms with van der Waals surface area (Å²) in [5.41, 5.74) is 8.02. The first-order valence-electron chi connectivity index (χ1n) is 9.08. The molecule has 1 aliphatic heterocycles. The molecule has 5 heteroatoms. The monoisotopic (exact) mass is 366 g/mol. The summed E-state index contributed by atoms with van der Waals surface area (Å²) in [7, 11) is 0. The van der Waals surface area contributed by atoms with Gasteiger partial charge in [-0.1, -0.05) is 38.1 Å². The van der Waals surface area contributed by atoms with Crippen molar-refractivity contribution in [1.29, 1.82) is 0 Å². The highest BCUT2D eigenvalue weighted by atomic mass is 35.5. The number of halogens is 1. The van der Waals surface area contributed by atoms with E-state index in [4.69, 9.17) is 10.5 Å². The fourth-order valence-electron chi connectivity index (χ4n) is 4.59. The zero-order chi connectivity index (χ0) is 17.5. The Hall–Kier alpha value is -1.10. The van der Waals surface area contributed by atoms with Crippen molar-refractivity contribution in [2.45, 2.75) is 58.7 Å². The number of carbonyl (C=O) groups is 1. The maximum Gasteiger partial charge on any atom is 0.243 e. The second-order valence-corrected chi connectivity index (χ2v) is 7.88. The number of nitrogens with zero attached hydrogens (tertiary/aromatic N) is 1. The molecule has 1 aromatic carbocycles. The predicted octanol–water partition coefficient (Wildman–Crippen LogP) is 3.30. The number of rotatable bonds is 4. The van der Waals surface area contributed by atoms with Crippen LogP contribution < -0.4 is 5.73 Å². The molecule has 1 aliphatic carbocycles. The summed E-state index contributed by atoms with van der Waals surface area (Å²) in [6, 6.07) is 8.23. The van der Waals surface area contributed by atoms with E-state index in [1.54, 1.807) is 0 Å². The third-order valence-electron chi connectivity index (χ3n) is 6.33. The predicted molar refractivity (Wildman–Crippen MR) is 103 cm³/mol. The van der Waals surface area contributed by atoms with Gasteiger partial charge in [0.1, 0.15) is 5.54 Å². The minimum atomic E-state index is -0.823. The number of carbonyl (C=O) groups excluding carboxylic acids is 1. The number of aryl methyl sites for hydroxylation is 1. The molecule has 1 saturated heterocycles. The van der Waals surface area contributed by atoms with Gasteiger partial charge in [0, 0.05) is 31.0 Å². The highest BCUT2D eigenvalue weighted by Crippen LogP contribution is 2.58. The molecule has 0 radical (unpaired) electrons. The van der Waals surface area contributed by atoms with Gasteiger partial charge in [-0.25, -0.2) is 0 Å². The van der Waals surface area contributed by atoms with E-state index in [0.29, 0.717) is 13.1 Å². The summed E-state index contributed by atoms with van der Waals surface area (Å²) >= 11 is 0. The lowest BCUT2D eigenvalue weighted by Gasteiger charge is -2.65. The maximum atomic E-state index is 13.4. The maximum absolute atomic E-state index is 13.4. The van der Waals surface area contributed by atoms with Crippen molar-refractivity contribution in [3.05, 3.63) is 35.4 Å². The Morgan fingerprint density at radius 2 is 2.04 bits per heavy atom. The zero-order valence-electron chi connectivity index (χ0n) is 15.7. The van der Waals surface area contributed by atoms with Crippen LogP contribution in [0.5, 0.6) is 0 Å². The van der Waals surface area contributed by atoms with E-state index < -0.39 is 5.54 Å². The molecule has 2 fully saturated rings. The summed E-state index contributed by atoms with van der Waals surface area (Å²) in [5, 5.41) is 0. The Labute approximate surface area is 157 Å². The fourth-order valence-corrected chi connectivity index (χ4v) is 4.59. The summed E-state index contributed by atoms with van der Waals surface area (Å²) < 4.78 is 5.94. The molecule has 1 saturated carbocycles. The molecule has 3 unspecified atom stereocenters. The summed E-state index contributed by atoms with van der Waals surface area (Å²) in [6.45, 7) is 10.4. The molecule has 0 bridgehead atoms. The Balaban J connectivity index is 0.00000225. The molecule has 1 aromatic rings. The SMILES string of the molecule is CCN(Cc1ccccc1C)C(=O)C1(N)C2CCCOC2C1(C)C.Cl. The van der Waals surface area contributed by atoms with Gasteiger partial charge >= 0.3 is 0 Å². The van der Waals surface area contributed by atoms with E-state index in [1.165, 1.54) is 11.1 Å². The van der Waals surface area contributed by atoms with Gasteiger partial charge in [-0.2, -0.15) is 0 Å². The highest BCUT2D eigenvalue weighted by Gasteiger charge is 2.70. The van der Waals surface area contributed by atoms with Crippen LogP contribution >= 0.6 is 12.4 Å². The second-order valence-electron chi connectivity index (χ2n) is 7.88. The van der Waals surface area contributed by atoms with Gasteiger partial charge < -0.3 is 15.4 Å². The quantitative estimate of drug-likeness (QED) is 0.889. The first kappa shape index (κ1) is 20.2. The fraction of sp³-hybridized carbons (Fsp3) is 0.650. The molecule has 3 atom stereocenters. The van der Waals surface area contributed by atoms with Gasteiger partial charge in [-0.15, -0.1) is 12.4 Å². The van der Waals surface area contributed by atoms with Crippen molar-refractivity contribution in [3.63, 3.8) is 0 Å². The molecule has 0 aromatic heterocycles. The third kappa shape index (κ3) is 2.98. The molecule has 25 heavy (non-hydrogen) atoms. The summed E-state index contributed by atoms with van der Waals surface area (Å²) in [6.07, 6.45) is 2.09. The number of hydrogen-bond acceptors (Lipinski definition) is 3. The minimum absolute atomic E-state index is 0. The van der Waals surface area contributed by atoms with E-state index in [2.05, 4.69) is 32.9 Å². The Kier molecular flexibility index (Phi) is 5.87. The van der Waals surface area contributed by atoms with Crippen LogP contribution in [-0.2, 0) is 16.1 Å². The minimum Gasteiger partial charge on any atom is -0.377 e. The van der Waals surface area contributed by atoms with Crippen LogP contribution in [0.3, 0.4) is 0 Å². The number of hydrogen-bond donors (Lipinski definition) is 1. The van der Waals surface area contributed by atoms with Gasteiger partial charge in [0.05, 0.1) is 6.10 Å². The van der Waals surface area contributed by atoms with Gasteiger partial charge in [-0.05, 0) is 37.8 Å². The molecule has 140 valence electrons. The second kappa shape index (κ2) is 7.26. The summed E-state index contributed by atoms with van der Waals surface area (Å²) in [4.78, 5) is 15.3.